The number of amides is 1. The van der Waals surface area contributed by atoms with Crippen LogP contribution in [0.25, 0.3) is 26.3 Å². The molecule has 5 aromatic rings. The molecule has 2 aromatic carbocycles. The molecule has 9 heteroatoms. The first-order valence-electron chi connectivity index (χ1n) is 9.79. The first-order chi connectivity index (χ1) is 15.6. The van der Waals surface area contributed by atoms with Gasteiger partial charge >= 0.3 is 5.97 Å². The van der Waals surface area contributed by atoms with Gasteiger partial charge in [0.05, 0.1) is 28.1 Å². The van der Waals surface area contributed by atoms with E-state index >= 15 is 0 Å². The predicted molar refractivity (Wildman–Crippen MR) is 122 cm³/mol. The lowest BCUT2D eigenvalue weighted by molar-refractivity contribution is -0.119. The Morgan fingerprint density at radius 2 is 1.97 bits per heavy atom. The van der Waals surface area contributed by atoms with Crippen LogP contribution in [0.2, 0.25) is 0 Å². The first-order valence-corrected chi connectivity index (χ1v) is 10.6. The van der Waals surface area contributed by atoms with Crippen molar-refractivity contribution >= 4 is 44.6 Å². The second kappa shape index (κ2) is 8.20. The second-order valence-corrected chi connectivity index (χ2v) is 8.19. The number of benzene rings is 2. The molecule has 0 fully saturated rings. The number of thiazole rings is 1. The number of hydrogen-bond acceptors (Lipinski definition) is 7. The lowest BCUT2D eigenvalue weighted by Crippen LogP contribution is -2.20. The Kier molecular flexibility index (Phi) is 5.08. The van der Waals surface area contributed by atoms with Crippen molar-refractivity contribution in [3.05, 3.63) is 78.4 Å². The molecule has 0 unspecified atom stereocenters. The summed E-state index contributed by atoms with van der Waals surface area (Å²) in [7, 11) is 0. The van der Waals surface area contributed by atoms with Crippen molar-refractivity contribution in [2.24, 2.45) is 0 Å². The summed E-state index contributed by atoms with van der Waals surface area (Å²) in [6.45, 7) is 1.65. The molecular weight excluding hydrogens is 426 g/mol. The van der Waals surface area contributed by atoms with Crippen LogP contribution >= 0.6 is 11.3 Å². The summed E-state index contributed by atoms with van der Waals surface area (Å²) in [5.74, 6) is -1.07. The monoisotopic (exact) mass is 443 g/mol. The van der Waals surface area contributed by atoms with Gasteiger partial charge in [0, 0.05) is 23.6 Å². The number of anilines is 1. The number of nitrogens with zero attached hydrogens (tertiary/aromatic N) is 4. The van der Waals surface area contributed by atoms with Crippen LogP contribution in [0, 0.1) is 6.92 Å². The van der Waals surface area contributed by atoms with E-state index in [0.717, 1.165) is 20.8 Å². The Balaban J connectivity index is 1.21. The van der Waals surface area contributed by atoms with Gasteiger partial charge in [0.25, 0.3) is 5.91 Å². The molecule has 0 saturated carbocycles. The minimum absolute atomic E-state index is 0.251. The van der Waals surface area contributed by atoms with Crippen LogP contribution < -0.4 is 5.32 Å². The minimum Gasteiger partial charge on any atom is -0.452 e. The van der Waals surface area contributed by atoms with Gasteiger partial charge in [-0.2, -0.15) is 5.10 Å². The molecule has 0 aliphatic rings. The highest BCUT2D eigenvalue weighted by atomic mass is 32.1. The number of carbonyl (C=O) groups is 2. The van der Waals surface area contributed by atoms with Crippen LogP contribution in [-0.4, -0.2) is 38.1 Å². The predicted octanol–water partition coefficient (Wildman–Crippen LogP) is 4.11. The van der Waals surface area contributed by atoms with Crippen LogP contribution in [-0.2, 0) is 9.53 Å². The Bertz CT molecular complexity index is 1460. The number of hydrogen-bond donors (Lipinski definition) is 1. The molecule has 3 heterocycles. The van der Waals surface area contributed by atoms with Gasteiger partial charge in [-0.15, -0.1) is 11.3 Å². The summed E-state index contributed by atoms with van der Waals surface area (Å²) in [4.78, 5) is 33.2. The molecule has 0 atom stereocenters. The standard InChI is InChI=1S/C23H17N5O3S/c1-14-2-7-18-20(10-14)32-22(27-18)15-3-5-16(6-4-15)26-21(29)13-31-23(30)17-11-25-28-9-8-24-12-19(17)28/h2-12H,13H2,1H3,(H,26,29). The maximum atomic E-state index is 12.3. The molecule has 5 rings (SSSR count). The Hall–Kier alpha value is -4.11. The Morgan fingerprint density at radius 3 is 2.81 bits per heavy atom. The highest BCUT2D eigenvalue weighted by Gasteiger charge is 2.16. The van der Waals surface area contributed by atoms with Crippen LogP contribution in [0.3, 0.4) is 0 Å². The minimum atomic E-state index is -0.635. The van der Waals surface area contributed by atoms with E-state index in [4.69, 9.17) is 4.74 Å². The van der Waals surface area contributed by atoms with E-state index in [-0.39, 0.29) is 5.56 Å². The second-order valence-electron chi connectivity index (χ2n) is 7.16. The third-order valence-electron chi connectivity index (χ3n) is 4.84. The SMILES string of the molecule is Cc1ccc2nc(-c3ccc(NC(=O)COC(=O)c4cnn5ccncc45)cc3)sc2c1. The topological polar surface area (TPSA) is 98.5 Å². The molecule has 32 heavy (non-hydrogen) atoms. The number of aromatic nitrogens is 4. The molecule has 0 saturated heterocycles. The number of rotatable bonds is 5. The van der Waals surface area contributed by atoms with Crippen molar-refractivity contribution in [1.29, 1.82) is 0 Å². The molecule has 158 valence electrons. The average molecular weight is 443 g/mol. The van der Waals surface area contributed by atoms with E-state index in [1.165, 1.54) is 22.5 Å². The molecule has 0 aliphatic heterocycles. The lowest BCUT2D eigenvalue weighted by Gasteiger charge is -2.07. The van der Waals surface area contributed by atoms with E-state index in [0.29, 0.717) is 11.2 Å². The fourth-order valence-corrected chi connectivity index (χ4v) is 4.32. The van der Waals surface area contributed by atoms with E-state index in [9.17, 15) is 9.59 Å². The lowest BCUT2D eigenvalue weighted by atomic mass is 10.2. The molecule has 8 nitrogen and oxygen atoms in total. The zero-order valence-corrected chi connectivity index (χ0v) is 17.8. The first kappa shape index (κ1) is 19.8. The van der Waals surface area contributed by atoms with Gasteiger partial charge < -0.3 is 10.1 Å². The summed E-state index contributed by atoms with van der Waals surface area (Å²) in [6.07, 6.45) is 6.08. The summed E-state index contributed by atoms with van der Waals surface area (Å²) >= 11 is 1.63. The van der Waals surface area contributed by atoms with E-state index in [2.05, 4.69) is 33.4 Å². The van der Waals surface area contributed by atoms with Crippen molar-refractivity contribution in [3.8, 4) is 10.6 Å². The highest BCUT2D eigenvalue weighted by Crippen LogP contribution is 2.31. The highest BCUT2D eigenvalue weighted by molar-refractivity contribution is 7.21. The molecule has 1 N–H and O–H groups in total. The molecular formula is C23H17N5O3S. The van der Waals surface area contributed by atoms with E-state index in [1.54, 1.807) is 35.9 Å². The van der Waals surface area contributed by atoms with Gasteiger partial charge in [-0.3, -0.25) is 9.78 Å². The fraction of sp³-hybridized carbons (Fsp3) is 0.0870. The molecule has 0 radical (unpaired) electrons. The van der Waals surface area contributed by atoms with Crippen molar-refractivity contribution in [1.82, 2.24) is 19.6 Å². The summed E-state index contributed by atoms with van der Waals surface area (Å²) in [6, 6.07) is 13.6. The third kappa shape index (κ3) is 3.93. The molecule has 3 aromatic heterocycles. The maximum absolute atomic E-state index is 12.3. The summed E-state index contributed by atoms with van der Waals surface area (Å²) in [5, 5.41) is 7.70. The number of fused-ring (bicyclic) bond motifs is 2. The molecule has 0 spiro atoms. The van der Waals surface area contributed by atoms with Crippen molar-refractivity contribution in [2.75, 3.05) is 11.9 Å². The normalized spacial score (nSPS) is 11.0. The average Bonchev–Trinajstić information content (AvgIpc) is 3.42. The van der Waals surface area contributed by atoms with Gasteiger partial charge in [-0.05, 0) is 48.9 Å². The van der Waals surface area contributed by atoms with E-state index in [1.807, 2.05) is 24.3 Å². The van der Waals surface area contributed by atoms with Crippen LogP contribution in [0.15, 0.2) is 67.3 Å². The van der Waals surface area contributed by atoms with Gasteiger partial charge in [-0.25, -0.2) is 14.3 Å². The van der Waals surface area contributed by atoms with Crippen LogP contribution in [0.5, 0.6) is 0 Å². The third-order valence-corrected chi connectivity index (χ3v) is 5.91. The van der Waals surface area contributed by atoms with E-state index < -0.39 is 18.5 Å². The molecule has 0 bridgehead atoms. The zero-order valence-electron chi connectivity index (χ0n) is 17.0. The number of esters is 1. The quantitative estimate of drug-likeness (QED) is 0.411. The van der Waals surface area contributed by atoms with Crippen molar-refractivity contribution in [2.45, 2.75) is 6.92 Å². The number of carbonyl (C=O) groups excluding carboxylic acids is 2. The molecule has 1 amide bonds. The van der Waals surface area contributed by atoms with Crippen LogP contribution in [0.1, 0.15) is 15.9 Å². The van der Waals surface area contributed by atoms with Crippen molar-refractivity contribution in [3.63, 3.8) is 0 Å². The maximum Gasteiger partial charge on any atom is 0.342 e. The van der Waals surface area contributed by atoms with Crippen LogP contribution in [0.4, 0.5) is 5.69 Å². The van der Waals surface area contributed by atoms with Gasteiger partial charge in [0.2, 0.25) is 0 Å². The summed E-state index contributed by atoms with van der Waals surface area (Å²) in [5.41, 5.74) is 4.50. The fourth-order valence-electron chi connectivity index (χ4n) is 3.25. The smallest absolute Gasteiger partial charge is 0.342 e. The largest absolute Gasteiger partial charge is 0.452 e. The Labute approximate surface area is 186 Å². The van der Waals surface area contributed by atoms with Gasteiger partial charge in [0.15, 0.2) is 6.61 Å². The van der Waals surface area contributed by atoms with Gasteiger partial charge in [-0.1, -0.05) is 6.07 Å². The zero-order chi connectivity index (χ0) is 22.1. The number of ether oxygens (including phenoxy) is 1. The number of nitrogens with one attached hydrogen (secondary N) is 1. The number of aryl methyl sites for hydroxylation is 1. The van der Waals surface area contributed by atoms with Gasteiger partial charge in [0.1, 0.15) is 10.6 Å². The summed E-state index contributed by atoms with van der Waals surface area (Å²) < 4.78 is 7.78. The van der Waals surface area contributed by atoms with Crippen molar-refractivity contribution < 1.29 is 14.3 Å². The Morgan fingerprint density at radius 1 is 1.12 bits per heavy atom. The molecule has 0 aliphatic carbocycles.